The van der Waals surface area contributed by atoms with E-state index in [2.05, 4.69) is 25.2 Å². The van der Waals surface area contributed by atoms with E-state index in [1.807, 2.05) is 0 Å². The number of pyridine rings is 1. The molecule has 0 atom stereocenters. The molecular weight excluding hydrogens is 238 g/mol. The van der Waals surface area contributed by atoms with Gasteiger partial charge in [0.2, 0.25) is 17.4 Å². The molecule has 1 amide bonds. The van der Waals surface area contributed by atoms with Crippen LogP contribution in [0.1, 0.15) is 16.1 Å². The van der Waals surface area contributed by atoms with Gasteiger partial charge >= 0.3 is 0 Å². The van der Waals surface area contributed by atoms with Crippen LogP contribution in [0, 0.1) is 0 Å². The number of aromatic nitrogens is 3. The second kappa shape index (κ2) is 5.13. The highest BCUT2D eigenvalue weighted by Crippen LogP contribution is 2.13. The molecular formula is C10H11N5O3. The molecule has 0 saturated carbocycles. The molecule has 0 fully saturated rings. The first-order valence-corrected chi connectivity index (χ1v) is 5.06. The van der Waals surface area contributed by atoms with Crippen LogP contribution >= 0.6 is 0 Å². The van der Waals surface area contributed by atoms with Gasteiger partial charge in [-0.3, -0.25) is 4.79 Å². The highest BCUT2D eigenvalue weighted by Gasteiger charge is 2.16. The van der Waals surface area contributed by atoms with Crippen molar-refractivity contribution in [1.29, 1.82) is 0 Å². The van der Waals surface area contributed by atoms with E-state index >= 15 is 0 Å². The van der Waals surface area contributed by atoms with Gasteiger partial charge in [0.1, 0.15) is 0 Å². The Hall–Kier alpha value is -2.64. The van der Waals surface area contributed by atoms with Gasteiger partial charge in [-0.15, -0.1) is 0 Å². The summed E-state index contributed by atoms with van der Waals surface area (Å²) in [5.74, 6) is -0.0747. The first-order valence-electron chi connectivity index (χ1n) is 5.06. The van der Waals surface area contributed by atoms with Crippen LogP contribution in [0.3, 0.4) is 0 Å². The number of nitrogens with two attached hydrogens (primary N) is 1. The Labute approximate surface area is 102 Å². The Kier molecular flexibility index (Phi) is 3.37. The van der Waals surface area contributed by atoms with E-state index in [9.17, 15) is 4.79 Å². The number of anilines is 1. The predicted octanol–water partition coefficient (Wildman–Crippen LogP) is -0.0146. The largest absolute Gasteiger partial charge is 0.481 e. The lowest BCUT2D eigenvalue weighted by atomic mass is 10.2. The number of hydrogen-bond donors (Lipinski definition) is 2. The van der Waals surface area contributed by atoms with Gasteiger partial charge in [0.05, 0.1) is 7.11 Å². The summed E-state index contributed by atoms with van der Waals surface area (Å²) in [6, 6.07) is 3.53. The molecule has 2 aromatic heterocycles. The number of methoxy groups -OCH3 is 1. The van der Waals surface area contributed by atoms with Gasteiger partial charge in [-0.05, 0) is 16.4 Å². The smallest absolute Gasteiger partial charge is 0.277 e. The molecule has 2 rings (SSSR count). The average molecular weight is 249 g/mol. The maximum Gasteiger partial charge on any atom is 0.277 e. The first-order chi connectivity index (χ1) is 8.72. The molecule has 8 nitrogen and oxygen atoms in total. The summed E-state index contributed by atoms with van der Waals surface area (Å²) in [4.78, 5) is 15.7. The van der Waals surface area contributed by atoms with Gasteiger partial charge in [0.25, 0.3) is 5.91 Å². The molecule has 8 heteroatoms. The minimum absolute atomic E-state index is 0.0437. The highest BCUT2D eigenvalue weighted by atomic mass is 16.6. The van der Waals surface area contributed by atoms with Crippen molar-refractivity contribution in [3.8, 4) is 5.88 Å². The first kappa shape index (κ1) is 11.8. The van der Waals surface area contributed by atoms with E-state index in [-0.39, 0.29) is 18.1 Å². The SMILES string of the molecule is COc1ncccc1CNC(=O)c1nonc1N. The molecule has 18 heavy (non-hydrogen) atoms. The van der Waals surface area contributed by atoms with Crippen molar-refractivity contribution in [2.24, 2.45) is 0 Å². The lowest BCUT2D eigenvalue weighted by Gasteiger charge is -2.07. The summed E-state index contributed by atoms with van der Waals surface area (Å²) in [7, 11) is 1.51. The molecule has 0 aliphatic rings. The number of nitrogens with zero attached hydrogens (tertiary/aromatic N) is 3. The molecule has 0 spiro atoms. The van der Waals surface area contributed by atoms with Crippen LogP contribution in [0.2, 0.25) is 0 Å². The maximum atomic E-state index is 11.7. The van der Waals surface area contributed by atoms with Crippen LogP contribution in [0.15, 0.2) is 23.0 Å². The van der Waals surface area contributed by atoms with Crippen molar-refractivity contribution in [2.75, 3.05) is 12.8 Å². The van der Waals surface area contributed by atoms with Crippen molar-refractivity contribution in [3.63, 3.8) is 0 Å². The summed E-state index contributed by atoms with van der Waals surface area (Å²) >= 11 is 0. The molecule has 2 aromatic rings. The standard InChI is InChI=1S/C10H11N5O3/c1-17-10-6(3-2-4-12-10)5-13-9(16)7-8(11)15-18-14-7/h2-4H,5H2,1H3,(H2,11,15)(H,13,16). The molecule has 0 aromatic carbocycles. The van der Waals surface area contributed by atoms with Crippen molar-refractivity contribution in [1.82, 2.24) is 20.6 Å². The third-order valence-electron chi connectivity index (χ3n) is 2.21. The summed E-state index contributed by atoms with van der Waals surface area (Å²) < 4.78 is 9.40. The van der Waals surface area contributed by atoms with Crippen LogP contribution in [0.5, 0.6) is 5.88 Å². The number of rotatable bonds is 4. The summed E-state index contributed by atoms with van der Waals surface area (Å²) in [6.07, 6.45) is 1.60. The summed E-state index contributed by atoms with van der Waals surface area (Å²) in [5, 5.41) is 9.34. The summed E-state index contributed by atoms with van der Waals surface area (Å²) in [6.45, 7) is 0.238. The maximum absolute atomic E-state index is 11.7. The minimum atomic E-state index is -0.473. The normalized spacial score (nSPS) is 10.1. The van der Waals surface area contributed by atoms with E-state index in [1.54, 1.807) is 18.3 Å². The van der Waals surface area contributed by atoms with Crippen LogP contribution in [0.25, 0.3) is 0 Å². The molecule has 3 N–H and O–H groups in total. The van der Waals surface area contributed by atoms with Crippen molar-refractivity contribution < 1.29 is 14.2 Å². The van der Waals surface area contributed by atoms with Crippen molar-refractivity contribution in [3.05, 3.63) is 29.6 Å². The minimum Gasteiger partial charge on any atom is -0.481 e. The second-order valence-electron chi connectivity index (χ2n) is 3.35. The fraction of sp³-hybridized carbons (Fsp3) is 0.200. The molecule has 0 unspecified atom stereocenters. The number of amides is 1. The second-order valence-corrected chi connectivity index (χ2v) is 3.35. The topological polar surface area (TPSA) is 116 Å². The van der Waals surface area contributed by atoms with Crippen LogP contribution in [-0.2, 0) is 6.54 Å². The third kappa shape index (κ3) is 2.37. The number of nitrogen functional groups attached to an aromatic ring is 1. The Bertz CT molecular complexity index is 554. The fourth-order valence-electron chi connectivity index (χ4n) is 1.35. The number of carbonyl (C=O) groups is 1. The van der Waals surface area contributed by atoms with Gasteiger partial charge in [-0.1, -0.05) is 6.07 Å². The van der Waals surface area contributed by atoms with E-state index in [4.69, 9.17) is 10.5 Å². The quantitative estimate of drug-likeness (QED) is 0.782. The average Bonchev–Trinajstić information content (AvgIpc) is 2.82. The van der Waals surface area contributed by atoms with E-state index in [1.165, 1.54) is 7.11 Å². The number of hydrogen-bond acceptors (Lipinski definition) is 7. The molecule has 0 aliphatic carbocycles. The van der Waals surface area contributed by atoms with Crippen LogP contribution in [-0.4, -0.2) is 28.3 Å². The zero-order chi connectivity index (χ0) is 13.0. The van der Waals surface area contributed by atoms with Gasteiger partial charge < -0.3 is 15.8 Å². The Morgan fingerprint density at radius 2 is 2.39 bits per heavy atom. The zero-order valence-corrected chi connectivity index (χ0v) is 9.58. The number of carbonyl (C=O) groups excluding carboxylic acids is 1. The highest BCUT2D eigenvalue weighted by molar-refractivity contribution is 5.95. The molecule has 0 bridgehead atoms. The van der Waals surface area contributed by atoms with E-state index in [0.717, 1.165) is 5.56 Å². The van der Waals surface area contributed by atoms with Gasteiger partial charge in [0, 0.05) is 18.3 Å². The van der Waals surface area contributed by atoms with E-state index < -0.39 is 5.91 Å². The zero-order valence-electron chi connectivity index (χ0n) is 9.58. The molecule has 0 saturated heterocycles. The summed E-state index contributed by atoms with van der Waals surface area (Å²) in [5.41, 5.74) is 6.10. The monoisotopic (exact) mass is 249 g/mol. The van der Waals surface area contributed by atoms with Gasteiger partial charge in [0.15, 0.2) is 0 Å². The Balaban J connectivity index is 2.04. The molecule has 0 aliphatic heterocycles. The lowest BCUT2D eigenvalue weighted by molar-refractivity contribution is 0.0941. The van der Waals surface area contributed by atoms with Crippen LogP contribution in [0.4, 0.5) is 5.82 Å². The third-order valence-corrected chi connectivity index (χ3v) is 2.21. The van der Waals surface area contributed by atoms with Crippen molar-refractivity contribution >= 4 is 11.7 Å². The van der Waals surface area contributed by atoms with Gasteiger partial charge in [-0.2, -0.15) is 0 Å². The Morgan fingerprint density at radius 1 is 1.56 bits per heavy atom. The van der Waals surface area contributed by atoms with Gasteiger partial charge in [-0.25, -0.2) is 9.61 Å². The lowest BCUT2D eigenvalue weighted by Crippen LogP contribution is -2.24. The molecule has 94 valence electrons. The number of ether oxygens (including phenoxy) is 1. The van der Waals surface area contributed by atoms with E-state index in [0.29, 0.717) is 5.88 Å². The van der Waals surface area contributed by atoms with Crippen LogP contribution < -0.4 is 15.8 Å². The fourth-order valence-corrected chi connectivity index (χ4v) is 1.35. The Morgan fingerprint density at radius 3 is 3.06 bits per heavy atom. The predicted molar refractivity (Wildman–Crippen MR) is 60.7 cm³/mol. The molecule has 0 radical (unpaired) electrons. The molecule has 2 heterocycles. The number of nitrogens with one attached hydrogen (secondary N) is 1. The van der Waals surface area contributed by atoms with Crippen molar-refractivity contribution in [2.45, 2.75) is 6.54 Å².